The van der Waals surface area contributed by atoms with Crippen LogP contribution in [0, 0.1) is 13.8 Å². The summed E-state index contributed by atoms with van der Waals surface area (Å²) in [6.07, 6.45) is 0.851. The topological polar surface area (TPSA) is 34.0 Å². The minimum absolute atomic E-state index is 0.0561. The fraction of sp³-hybridized carbons (Fsp3) is 0.286. The molecule has 0 saturated carbocycles. The van der Waals surface area contributed by atoms with E-state index in [1.54, 1.807) is 0 Å². The van der Waals surface area contributed by atoms with Crippen LogP contribution in [0.25, 0.3) is 10.9 Å². The number of amides is 1. The van der Waals surface area contributed by atoms with Gasteiger partial charge in [-0.2, -0.15) is 0 Å². The first-order valence-corrected chi connectivity index (χ1v) is 8.43. The van der Waals surface area contributed by atoms with E-state index in [2.05, 4.69) is 54.1 Å². The van der Waals surface area contributed by atoms with Crippen LogP contribution < -0.4 is 5.32 Å². The van der Waals surface area contributed by atoms with Gasteiger partial charge in [-0.3, -0.25) is 4.79 Å². The maximum atomic E-state index is 12.5. The predicted molar refractivity (Wildman–Crippen MR) is 99.2 cm³/mol. The molecule has 0 aliphatic rings. The Balaban J connectivity index is 1.67. The largest absolute Gasteiger partial charge is 0.352 e. The second-order valence-electron chi connectivity index (χ2n) is 6.53. The second-order valence-corrected chi connectivity index (χ2v) is 6.53. The van der Waals surface area contributed by atoms with E-state index in [-0.39, 0.29) is 11.9 Å². The normalized spacial score (nSPS) is 12.3. The molecule has 0 radical (unpaired) electrons. The number of carbonyl (C=O) groups is 1. The number of aromatic nitrogens is 1. The quantitative estimate of drug-likeness (QED) is 0.757. The molecular formula is C21H24N2O. The van der Waals surface area contributed by atoms with Gasteiger partial charge in [0.15, 0.2) is 0 Å². The molecule has 1 amide bonds. The average Bonchev–Trinajstić information content (AvgIpc) is 2.85. The highest BCUT2D eigenvalue weighted by Gasteiger charge is 2.12. The molecular weight excluding hydrogens is 296 g/mol. The third-order valence-corrected chi connectivity index (χ3v) is 4.51. The van der Waals surface area contributed by atoms with Crippen LogP contribution >= 0.6 is 0 Å². The highest BCUT2D eigenvalue weighted by molar-refractivity contribution is 5.84. The molecule has 0 spiro atoms. The Morgan fingerprint density at radius 3 is 2.58 bits per heavy atom. The molecule has 3 nitrogen and oxygen atoms in total. The van der Waals surface area contributed by atoms with Crippen molar-refractivity contribution in [2.45, 2.75) is 39.8 Å². The summed E-state index contributed by atoms with van der Waals surface area (Å²) in [5.41, 5.74) is 4.77. The Kier molecular flexibility index (Phi) is 4.70. The monoisotopic (exact) mass is 320 g/mol. The second kappa shape index (κ2) is 6.91. The van der Waals surface area contributed by atoms with Gasteiger partial charge in [0.25, 0.3) is 0 Å². The zero-order valence-electron chi connectivity index (χ0n) is 14.5. The molecule has 1 heterocycles. The van der Waals surface area contributed by atoms with E-state index in [1.807, 2.05) is 31.2 Å². The number of carbonyl (C=O) groups excluding carboxylic acids is 1. The van der Waals surface area contributed by atoms with E-state index in [9.17, 15) is 4.79 Å². The molecule has 1 aromatic heterocycles. The summed E-state index contributed by atoms with van der Waals surface area (Å²) in [5, 5.41) is 4.30. The standard InChI is InChI=1S/C21H24N2O/c1-15-8-4-5-9-18(15)12-16(2)22-21(24)14-23-17(3)13-19-10-6-7-11-20(19)23/h4-11,13,16H,12,14H2,1-3H3,(H,22,24)/t16-/m0/s1. The molecule has 0 unspecified atom stereocenters. The maximum absolute atomic E-state index is 12.5. The molecule has 24 heavy (non-hydrogen) atoms. The van der Waals surface area contributed by atoms with Gasteiger partial charge in [-0.25, -0.2) is 0 Å². The number of benzene rings is 2. The number of nitrogens with one attached hydrogen (secondary N) is 1. The number of rotatable bonds is 5. The van der Waals surface area contributed by atoms with Crippen molar-refractivity contribution in [3.63, 3.8) is 0 Å². The molecule has 1 N–H and O–H groups in total. The first-order chi connectivity index (χ1) is 11.5. The Labute approximate surface area is 143 Å². The first kappa shape index (κ1) is 16.3. The fourth-order valence-corrected chi connectivity index (χ4v) is 3.24. The van der Waals surface area contributed by atoms with Crippen molar-refractivity contribution < 1.29 is 4.79 Å². The van der Waals surface area contributed by atoms with Gasteiger partial charge in [-0.05, 0) is 55.8 Å². The summed E-state index contributed by atoms with van der Waals surface area (Å²) in [7, 11) is 0. The Morgan fingerprint density at radius 1 is 1.08 bits per heavy atom. The molecule has 0 aliphatic heterocycles. The lowest BCUT2D eigenvalue weighted by Crippen LogP contribution is -2.36. The summed E-state index contributed by atoms with van der Waals surface area (Å²) in [6, 6.07) is 18.7. The molecule has 2 aromatic carbocycles. The third-order valence-electron chi connectivity index (χ3n) is 4.51. The highest BCUT2D eigenvalue weighted by Crippen LogP contribution is 2.19. The predicted octanol–water partition coefficient (Wildman–Crippen LogP) is 4.01. The lowest BCUT2D eigenvalue weighted by atomic mass is 10.0. The molecule has 0 saturated heterocycles. The molecule has 3 rings (SSSR count). The maximum Gasteiger partial charge on any atom is 0.240 e. The molecule has 3 aromatic rings. The zero-order valence-corrected chi connectivity index (χ0v) is 14.5. The van der Waals surface area contributed by atoms with Crippen LogP contribution in [0.2, 0.25) is 0 Å². The van der Waals surface area contributed by atoms with Crippen molar-refractivity contribution in [1.82, 2.24) is 9.88 Å². The highest BCUT2D eigenvalue weighted by atomic mass is 16.2. The minimum Gasteiger partial charge on any atom is -0.352 e. The van der Waals surface area contributed by atoms with Gasteiger partial charge in [0.1, 0.15) is 6.54 Å². The Morgan fingerprint density at radius 2 is 1.79 bits per heavy atom. The van der Waals surface area contributed by atoms with Gasteiger partial charge in [-0.1, -0.05) is 42.5 Å². The van der Waals surface area contributed by atoms with E-state index in [0.717, 1.165) is 17.6 Å². The number of aryl methyl sites for hydroxylation is 2. The van der Waals surface area contributed by atoms with Gasteiger partial charge in [0.2, 0.25) is 5.91 Å². The third kappa shape index (κ3) is 3.51. The van der Waals surface area contributed by atoms with E-state index in [1.165, 1.54) is 16.5 Å². The van der Waals surface area contributed by atoms with Gasteiger partial charge in [-0.15, -0.1) is 0 Å². The van der Waals surface area contributed by atoms with Gasteiger partial charge < -0.3 is 9.88 Å². The van der Waals surface area contributed by atoms with Crippen LogP contribution in [-0.2, 0) is 17.8 Å². The number of para-hydroxylation sites is 1. The molecule has 1 atom stereocenters. The van der Waals surface area contributed by atoms with Crippen molar-refractivity contribution >= 4 is 16.8 Å². The summed E-state index contributed by atoms with van der Waals surface area (Å²) in [5.74, 6) is 0.0561. The number of hydrogen-bond donors (Lipinski definition) is 1. The van der Waals surface area contributed by atoms with Crippen molar-refractivity contribution in [2.75, 3.05) is 0 Å². The fourth-order valence-electron chi connectivity index (χ4n) is 3.24. The van der Waals surface area contributed by atoms with Crippen LogP contribution in [0.4, 0.5) is 0 Å². The SMILES string of the molecule is Cc1ccccc1C[C@H](C)NC(=O)Cn1c(C)cc2ccccc21. The molecule has 3 heteroatoms. The molecule has 0 aliphatic carbocycles. The van der Waals surface area contributed by atoms with Gasteiger partial charge in [0, 0.05) is 17.3 Å². The summed E-state index contributed by atoms with van der Waals surface area (Å²) in [4.78, 5) is 12.5. The summed E-state index contributed by atoms with van der Waals surface area (Å²) < 4.78 is 2.07. The minimum atomic E-state index is 0.0561. The zero-order chi connectivity index (χ0) is 17.1. The molecule has 0 bridgehead atoms. The van der Waals surface area contributed by atoms with E-state index < -0.39 is 0 Å². The van der Waals surface area contributed by atoms with Crippen LogP contribution in [0.3, 0.4) is 0 Å². The van der Waals surface area contributed by atoms with E-state index in [0.29, 0.717) is 6.54 Å². The Bertz CT molecular complexity index is 863. The van der Waals surface area contributed by atoms with Crippen molar-refractivity contribution in [1.29, 1.82) is 0 Å². The van der Waals surface area contributed by atoms with E-state index >= 15 is 0 Å². The first-order valence-electron chi connectivity index (χ1n) is 8.43. The van der Waals surface area contributed by atoms with Crippen molar-refractivity contribution in [3.05, 3.63) is 71.4 Å². The van der Waals surface area contributed by atoms with Crippen LogP contribution in [0.1, 0.15) is 23.7 Å². The van der Waals surface area contributed by atoms with Crippen molar-refractivity contribution in [3.8, 4) is 0 Å². The molecule has 124 valence electrons. The van der Waals surface area contributed by atoms with Gasteiger partial charge >= 0.3 is 0 Å². The van der Waals surface area contributed by atoms with Crippen LogP contribution in [-0.4, -0.2) is 16.5 Å². The van der Waals surface area contributed by atoms with Crippen LogP contribution in [0.15, 0.2) is 54.6 Å². The van der Waals surface area contributed by atoms with Crippen LogP contribution in [0.5, 0.6) is 0 Å². The number of hydrogen-bond acceptors (Lipinski definition) is 1. The lowest BCUT2D eigenvalue weighted by Gasteiger charge is -2.16. The summed E-state index contributed by atoms with van der Waals surface area (Å²) in [6.45, 7) is 6.58. The van der Waals surface area contributed by atoms with E-state index in [4.69, 9.17) is 0 Å². The molecule has 0 fully saturated rings. The van der Waals surface area contributed by atoms with Crippen molar-refractivity contribution in [2.24, 2.45) is 0 Å². The smallest absolute Gasteiger partial charge is 0.240 e. The number of nitrogens with zero attached hydrogens (tertiary/aromatic N) is 1. The average molecular weight is 320 g/mol. The van der Waals surface area contributed by atoms with Gasteiger partial charge in [0.05, 0.1) is 0 Å². The number of fused-ring (bicyclic) bond motifs is 1. The Hall–Kier alpha value is -2.55. The summed E-state index contributed by atoms with van der Waals surface area (Å²) >= 11 is 0. The lowest BCUT2D eigenvalue weighted by molar-refractivity contribution is -0.122.